The van der Waals surface area contributed by atoms with Crippen LogP contribution in [-0.4, -0.2) is 14.7 Å². The predicted octanol–water partition coefficient (Wildman–Crippen LogP) is 3.26. The standard InChI is InChI=1S/C14H17FN4O2/c1-8-5-6-11(7-12(8)15)9(2)16-14-13(19(20)21)10(3)17-18(14)4/h5-7,9,16H,1-4H3. The molecule has 1 heterocycles. The number of nitro groups is 1. The Labute approximate surface area is 121 Å². The SMILES string of the molecule is Cc1ccc(C(C)Nc2c([N+](=O)[O-])c(C)nn2C)cc1F. The highest BCUT2D eigenvalue weighted by Crippen LogP contribution is 2.30. The fraction of sp³-hybridized carbons (Fsp3) is 0.357. The van der Waals surface area contributed by atoms with Gasteiger partial charge in [0.25, 0.3) is 0 Å². The molecule has 112 valence electrons. The molecule has 0 amide bonds. The van der Waals surface area contributed by atoms with Crippen molar-refractivity contribution in [2.24, 2.45) is 7.05 Å². The molecule has 0 saturated heterocycles. The van der Waals surface area contributed by atoms with Crippen molar-refractivity contribution in [3.05, 3.63) is 51.0 Å². The molecule has 1 N–H and O–H groups in total. The maximum atomic E-state index is 13.6. The number of hydrogen-bond acceptors (Lipinski definition) is 4. The summed E-state index contributed by atoms with van der Waals surface area (Å²) in [4.78, 5) is 10.7. The minimum atomic E-state index is -0.465. The smallest absolute Gasteiger partial charge is 0.333 e. The quantitative estimate of drug-likeness (QED) is 0.693. The fourth-order valence-corrected chi connectivity index (χ4v) is 2.19. The van der Waals surface area contributed by atoms with Crippen LogP contribution in [0.1, 0.15) is 29.8 Å². The lowest BCUT2D eigenvalue weighted by Gasteiger charge is -2.15. The lowest BCUT2D eigenvalue weighted by molar-refractivity contribution is -0.384. The number of aryl methyl sites for hydroxylation is 3. The molecule has 1 atom stereocenters. The van der Waals surface area contributed by atoms with E-state index in [0.717, 1.165) is 0 Å². The van der Waals surface area contributed by atoms with E-state index in [1.165, 1.54) is 10.7 Å². The average molecular weight is 292 g/mol. The molecule has 0 radical (unpaired) electrons. The van der Waals surface area contributed by atoms with E-state index in [-0.39, 0.29) is 17.5 Å². The zero-order valence-electron chi connectivity index (χ0n) is 12.3. The van der Waals surface area contributed by atoms with Crippen LogP contribution in [0.3, 0.4) is 0 Å². The molecular weight excluding hydrogens is 275 g/mol. The minimum absolute atomic E-state index is 0.0584. The van der Waals surface area contributed by atoms with Gasteiger partial charge in [0.1, 0.15) is 11.5 Å². The van der Waals surface area contributed by atoms with E-state index in [1.54, 1.807) is 33.0 Å². The molecule has 6 nitrogen and oxygen atoms in total. The molecular formula is C14H17FN4O2. The third kappa shape index (κ3) is 2.86. The lowest BCUT2D eigenvalue weighted by Crippen LogP contribution is -2.11. The molecule has 0 aliphatic rings. The molecule has 2 rings (SSSR count). The summed E-state index contributed by atoms with van der Waals surface area (Å²) in [6, 6.07) is 4.63. The monoisotopic (exact) mass is 292 g/mol. The molecule has 7 heteroatoms. The molecule has 1 aromatic carbocycles. The van der Waals surface area contributed by atoms with Crippen LogP contribution in [0.2, 0.25) is 0 Å². The van der Waals surface area contributed by atoms with Crippen molar-refractivity contribution < 1.29 is 9.31 Å². The van der Waals surface area contributed by atoms with Crippen molar-refractivity contribution in [3.63, 3.8) is 0 Å². The largest absolute Gasteiger partial charge is 0.358 e. The van der Waals surface area contributed by atoms with Crippen LogP contribution in [-0.2, 0) is 7.05 Å². The maximum absolute atomic E-state index is 13.6. The summed E-state index contributed by atoms with van der Waals surface area (Å²) in [5, 5.41) is 18.2. The van der Waals surface area contributed by atoms with E-state index in [9.17, 15) is 14.5 Å². The molecule has 0 fully saturated rings. The zero-order chi connectivity index (χ0) is 15.7. The van der Waals surface area contributed by atoms with Crippen LogP contribution in [0.4, 0.5) is 15.9 Å². The van der Waals surface area contributed by atoms with Crippen molar-refractivity contribution in [2.75, 3.05) is 5.32 Å². The molecule has 1 unspecified atom stereocenters. The molecule has 0 spiro atoms. The van der Waals surface area contributed by atoms with Gasteiger partial charge in [-0.25, -0.2) is 9.07 Å². The van der Waals surface area contributed by atoms with Gasteiger partial charge < -0.3 is 5.32 Å². The topological polar surface area (TPSA) is 73.0 Å². The van der Waals surface area contributed by atoms with Crippen LogP contribution >= 0.6 is 0 Å². The second-order valence-electron chi connectivity index (χ2n) is 5.04. The van der Waals surface area contributed by atoms with Crippen LogP contribution in [0, 0.1) is 29.8 Å². The highest BCUT2D eigenvalue weighted by molar-refractivity contribution is 5.60. The van der Waals surface area contributed by atoms with Gasteiger partial charge in [-0.1, -0.05) is 12.1 Å². The summed E-state index contributed by atoms with van der Waals surface area (Å²) in [5.41, 5.74) is 1.56. The van der Waals surface area contributed by atoms with E-state index in [0.29, 0.717) is 22.6 Å². The Morgan fingerprint density at radius 2 is 2.10 bits per heavy atom. The number of aromatic nitrogens is 2. The van der Waals surface area contributed by atoms with Crippen molar-refractivity contribution >= 4 is 11.5 Å². The van der Waals surface area contributed by atoms with Gasteiger partial charge in [0.15, 0.2) is 0 Å². The van der Waals surface area contributed by atoms with E-state index < -0.39 is 4.92 Å². The second-order valence-corrected chi connectivity index (χ2v) is 5.04. The predicted molar refractivity (Wildman–Crippen MR) is 77.8 cm³/mol. The van der Waals surface area contributed by atoms with Crippen LogP contribution < -0.4 is 5.32 Å². The summed E-state index contributed by atoms with van der Waals surface area (Å²) in [5.74, 6) is 0.0165. The first kappa shape index (κ1) is 15.0. The summed E-state index contributed by atoms with van der Waals surface area (Å²) >= 11 is 0. The van der Waals surface area contributed by atoms with Gasteiger partial charge in [-0.2, -0.15) is 5.10 Å². The Morgan fingerprint density at radius 3 is 2.67 bits per heavy atom. The highest BCUT2D eigenvalue weighted by Gasteiger charge is 2.25. The molecule has 0 bridgehead atoms. The summed E-state index contributed by atoms with van der Waals surface area (Å²) < 4.78 is 15.0. The van der Waals surface area contributed by atoms with Gasteiger partial charge in [0.2, 0.25) is 5.82 Å². The summed E-state index contributed by atoms with van der Waals surface area (Å²) in [7, 11) is 1.63. The van der Waals surface area contributed by atoms with E-state index in [4.69, 9.17) is 0 Å². The molecule has 0 aliphatic heterocycles. The summed E-state index contributed by atoms with van der Waals surface area (Å²) in [6.45, 7) is 5.09. The van der Waals surface area contributed by atoms with E-state index in [1.807, 2.05) is 6.92 Å². The second kappa shape index (κ2) is 5.51. The van der Waals surface area contributed by atoms with Crippen LogP contribution in [0.5, 0.6) is 0 Å². The Morgan fingerprint density at radius 1 is 1.43 bits per heavy atom. The molecule has 1 aromatic heterocycles. The number of hydrogen-bond donors (Lipinski definition) is 1. The number of halogens is 1. The lowest BCUT2D eigenvalue weighted by atomic mass is 10.1. The average Bonchev–Trinajstić information content (AvgIpc) is 2.67. The van der Waals surface area contributed by atoms with Gasteiger partial charge in [-0.15, -0.1) is 0 Å². The van der Waals surface area contributed by atoms with Crippen molar-refractivity contribution in [1.29, 1.82) is 0 Å². The van der Waals surface area contributed by atoms with Gasteiger partial charge in [-0.05, 0) is 38.0 Å². The van der Waals surface area contributed by atoms with Crippen LogP contribution in [0.25, 0.3) is 0 Å². The molecule has 2 aromatic rings. The first-order valence-corrected chi connectivity index (χ1v) is 6.51. The van der Waals surface area contributed by atoms with Crippen LogP contribution in [0.15, 0.2) is 18.2 Å². The van der Waals surface area contributed by atoms with Crippen molar-refractivity contribution in [2.45, 2.75) is 26.8 Å². The first-order chi connectivity index (χ1) is 9.81. The number of nitrogens with one attached hydrogen (secondary N) is 1. The third-order valence-corrected chi connectivity index (χ3v) is 3.42. The number of benzene rings is 1. The fourth-order valence-electron chi connectivity index (χ4n) is 2.19. The molecule has 0 aliphatic carbocycles. The number of rotatable bonds is 4. The maximum Gasteiger partial charge on any atom is 0.333 e. The van der Waals surface area contributed by atoms with Gasteiger partial charge >= 0.3 is 5.69 Å². The highest BCUT2D eigenvalue weighted by atomic mass is 19.1. The Balaban J connectivity index is 2.33. The molecule has 0 saturated carbocycles. The molecule has 21 heavy (non-hydrogen) atoms. The summed E-state index contributed by atoms with van der Waals surface area (Å²) in [6.07, 6.45) is 0. The Bertz CT molecular complexity index is 697. The Hall–Kier alpha value is -2.44. The minimum Gasteiger partial charge on any atom is -0.358 e. The van der Waals surface area contributed by atoms with Crippen molar-refractivity contribution in [3.8, 4) is 0 Å². The Kier molecular flexibility index (Phi) is 3.93. The van der Waals surface area contributed by atoms with Gasteiger partial charge in [0, 0.05) is 7.05 Å². The number of nitrogens with zero attached hydrogens (tertiary/aromatic N) is 3. The van der Waals surface area contributed by atoms with E-state index >= 15 is 0 Å². The van der Waals surface area contributed by atoms with Gasteiger partial charge in [-0.3, -0.25) is 10.1 Å². The van der Waals surface area contributed by atoms with E-state index in [2.05, 4.69) is 10.4 Å². The third-order valence-electron chi connectivity index (χ3n) is 3.42. The normalized spacial score (nSPS) is 12.2. The van der Waals surface area contributed by atoms with Gasteiger partial charge in [0.05, 0.1) is 11.0 Å². The number of anilines is 1. The first-order valence-electron chi connectivity index (χ1n) is 6.51. The van der Waals surface area contributed by atoms with Crippen molar-refractivity contribution in [1.82, 2.24) is 9.78 Å². The zero-order valence-corrected chi connectivity index (χ0v) is 12.3.